The maximum atomic E-state index is 12.6. The second-order valence-electron chi connectivity index (χ2n) is 6.44. The standard InChI is InChI=1S/C20H22N4O3S/c1-4-16-17(5-2)23-19-11-13(9-10-18(19)22-16)20(25)21-14-7-6-8-15(12-14)24-28(3,26)27/h6-12,24H,4-5H2,1-3H3,(H,21,25). The number of aryl methyl sites for hydroxylation is 2. The van der Waals surface area contributed by atoms with E-state index in [1.54, 1.807) is 42.5 Å². The topological polar surface area (TPSA) is 101 Å². The summed E-state index contributed by atoms with van der Waals surface area (Å²) in [6, 6.07) is 11.7. The lowest BCUT2D eigenvalue weighted by Crippen LogP contribution is -2.13. The van der Waals surface area contributed by atoms with E-state index in [2.05, 4.69) is 20.0 Å². The molecule has 0 saturated heterocycles. The second-order valence-corrected chi connectivity index (χ2v) is 8.19. The van der Waals surface area contributed by atoms with E-state index in [0.717, 1.165) is 36.0 Å². The molecule has 8 heteroatoms. The summed E-state index contributed by atoms with van der Waals surface area (Å²) in [5, 5.41) is 2.78. The van der Waals surface area contributed by atoms with Crippen molar-refractivity contribution in [2.45, 2.75) is 26.7 Å². The molecule has 28 heavy (non-hydrogen) atoms. The Morgan fingerprint density at radius 3 is 2.21 bits per heavy atom. The van der Waals surface area contributed by atoms with Crippen LogP contribution in [0.4, 0.5) is 11.4 Å². The number of aromatic nitrogens is 2. The summed E-state index contributed by atoms with van der Waals surface area (Å²) < 4.78 is 25.1. The lowest BCUT2D eigenvalue weighted by atomic mass is 10.1. The Labute approximate surface area is 164 Å². The van der Waals surface area contributed by atoms with Gasteiger partial charge in [0.05, 0.1) is 34.4 Å². The van der Waals surface area contributed by atoms with Crippen LogP contribution in [0.25, 0.3) is 11.0 Å². The van der Waals surface area contributed by atoms with Gasteiger partial charge in [0.25, 0.3) is 5.91 Å². The maximum absolute atomic E-state index is 12.6. The molecule has 1 amide bonds. The van der Waals surface area contributed by atoms with Gasteiger partial charge >= 0.3 is 0 Å². The molecule has 0 radical (unpaired) electrons. The lowest BCUT2D eigenvalue weighted by Gasteiger charge is -2.10. The first-order valence-corrected chi connectivity index (χ1v) is 10.9. The Balaban J connectivity index is 1.86. The molecule has 146 valence electrons. The molecule has 0 spiro atoms. The number of carbonyl (C=O) groups is 1. The van der Waals surface area contributed by atoms with Crippen LogP contribution in [0.5, 0.6) is 0 Å². The molecule has 1 heterocycles. The SMILES string of the molecule is CCc1nc2ccc(C(=O)Nc3cccc(NS(C)(=O)=O)c3)cc2nc1CC. The van der Waals surface area contributed by atoms with E-state index in [9.17, 15) is 13.2 Å². The van der Waals surface area contributed by atoms with Gasteiger partial charge in [-0.2, -0.15) is 0 Å². The molecule has 3 rings (SSSR count). The Bertz CT molecular complexity index is 1140. The highest BCUT2D eigenvalue weighted by atomic mass is 32.2. The van der Waals surface area contributed by atoms with E-state index in [-0.39, 0.29) is 5.91 Å². The fourth-order valence-corrected chi connectivity index (χ4v) is 3.47. The minimum absolute atomic E-state index is 0.308. The molecule has 0 aliphatic carbocycles. The van der Waals surface area contributed by atoms with Crippen molar-refractivity contribution >= 4 is 38.3 Å². The monoisotopic (exact) mass is 398 g/mol. The number of benzene rings is 2. The van der Waals surface area contributed by atoms with Gasteiger partial charge in [-0.1, -0.05) is 19.9 Å². The molecule has 1 aromatic heterocycles. The number of sulfonamides is 1. The zero-order valence-electron chi connectivity index (χ0n) is 16.0. The van der Waals surface area contributed by atoms with Crippen molar-refractivity contribution < 1.29 is 13.2 Å². The summed E-state index contributed by atoms with van der Waals surface area (Å²) in [7, 11) is -3.39. The number of carbonyl (C=O) groups excluding carboxylic acids is 1. The number of rotatable bonds is 6. The summed E-state index contributed by atoms with van der Waals surface area (Å²) in [5.74, 6) is -0.308. The van der Waals surface area contributed by atoms with Crippen molar-refractivity contribution in [2.75, 3.05) is 16.3 Å². The molecule has 0 bridgehead atoms. The van der Waals surface area contributed by atoms with Crippen molar-refractivity contribution in [1.29, 1.82) is 0 Å². The third kappa shape index (κ3) is 4.64. The third-order valence-electron chi connectivity index (χ3n) is 4.18. The predicted molar refractivity (Wildman–Crippen MR) is 111 cm³/mol. The average Bonchev–Trinajstić information content (AvgIpc) is 2.65. The summed E-state index contributed by atoms with van der Waals surface area (Å²) in [6.07, 6.45) is 2.66. The molecule has 0 saturated carbocycles. The van der Waals surface area contributed by atoms with Gasteiger partial charge in [-0.05, 0) is 49.2 Å². The van der Waals surface area contributed by atoms with Gasteiger partial charge in [-0.15, -0.1) is 0 Å². The molecule has 7 nitrogen and oxygen atoms in total. The van der Waals surface area contributed by atoms with Crippen molar-refractivity contribution in [3.05, 3.63) is 59.4 Å². The second kappa shape index (κ2) is 7.93. The van der Waals surface area contributed by atoms with Crippen LogP contribution < -0.4 is 10.0 Å². The molecule has 2 N–H and O–H groups in total. The van der Waals surface area contributed by atoms with Gasteiger partial charge in [0.2, 0.25) is 10.0 Å². The van der Waals surface area contributed by atoms with Crippen LogP contribution in [0.3, 0.4) is 0 Å². The van der Waals surface area contributed by atoms with Crippen LogP contribution in [0.15, 0.2) is 42.5 Å². The first-order valence-electron chi connectivity index (χ1n) is 8.97. The van der Waals surface area contributed by atoms with Gasteiger partial charge in [-0.25, -0.2) is 18.4 Å². The number of fused-ring (bicyclic) bond motifs is 1. The molecule has 3 aromatic rings. The van der Waals surface area contributed by atoms with Crippen LogP contribution in [0.1, 0.15) is 35.6 Å². The zero-order chi connectivity index (χ0) is 20.3. The van der Waals surface area contributed by atoms with Gasteiger partial charge in [-0.3, -0.25) is 9.52 Å². The lowest BCUT2D eigenvalue weighted by molar-refractivity contribution is 0.102. The van der Waals surface area contributed by atoms with Crippen molar-refractivity contribution in [3.8, 4) is 0 Å². The first-order chi connectivity index (χ1) is 13.3. The smallest absolute Gasteiger partial charge is 0.255 e. The molecule has 0 aliphatic heterocycles. The highest BCUT2D eigenvalue weighted by Crippen LogP contribution is 2.19. The van der Waals surface area contributed by atoms with E-state index in [1.165, 1.54) is 0 Å². The number of nitrogens with zero attached hydrogens (tertiary/aromatic N) is 2. The molecular weight excluding hydrogens is 376 g/mol. The van der Waals surface area contributed by atoms with Gasteiger partial charge in [0.1, 0.15) is 0 Å². The Morgan fingerprint density at radius 1 is 0.929 bits per heavy atom. The zero-order valence-corrected chi connectivity index (χ0v) is 16.8. The van der Waals surface area contributed by atoms with Gasteiger partial charge in [0, 0.05) is 11.3 Å². The number of amides is 1. The first kappa shape index (κ1) is 19.8. The summed E-state index contributed by atoms with van der Waals surface area (Å²) in [4.78, 5) is 21.9. The van der Waals surface area contributed by atoms with E-state index >= 15 is 0 Å². The minimum atomic E-state index is -3.39. The quantitative estimate of drug-likeness (QED) is 0.663. The molecule has 2 aromatic carbocycles. The van der Waals surface area contributed by atoms with Crippen molar-refractivity contribution in [2.24, 2.45) is 0 Å². The molecule has 0 unspecified atom stereocenters. The van der Waals surface area contributed by atoms with E-state index in [0.29, 0.717) is 22.5 Å². The van der Waals surface area contributed by atoms with Crippen molar-refractivity contribution in [3.63, 3.8) is 0 Å². The highest BCUT2D eigenvalue weighted by Gasteiger charge is 2.11. The van der Waals surface area contributed by atoms with Crippen LogP contribution in [0.2, 0.25) is 0 Å². The summed E-state index contributed by atoms with van der Waals surface area (Å²) in [6.45, 7) is 4.08. The highest BCUT2D eigenvalue weighted by molar-refractivity contribution is 7.92. The Hall–Kier alpha value is -3.00. The summed E-state index contributed by atoms with van der Waals surface area (Å²) >= 11 is 0. The molecule has 0 fully saturated rings. The van der Waals surface area contributed by atoms with Gasteiger partial charge in [0.15, 0.2) is 0 Å². The number of anilines is 2. The number of hydrogen-bond acceptors (Lipinski definition) is 5. The predicted octanol–water partition coefficient (Wildman–Crippen LogP) is 3.38. The maximum Gasteiger partial charge on any atom is 0.255 e. The Morgan fingerprint density at radius 2 is 1.57 bits per heavy atom. The molecule has 0 aliphatic rings. The fourth-order valence-electron chi connectivity index (χ4n) is 2.91. The molecule has 0 atom stereocenters. The van der Waals surface area contributed by atoms with Crippen LogP contribution in [-0.2, 0) is 22.9 Å². The Kier molecular flexibility index (Phi) is 5.60. The van der Waals surface area contributed by atoms with Crippen molar-refractivity contribution in [1.82, 2.24) is 9.97 Å². The van der Waals surface area contributed by atoms with Crippen LogP contribution in [0, 0.1) is 0 Å². The van der Waals surface area contributed by atoms with E-state index in [1.807, 2.05) is 13.8 Å². The summed E-state index contributed by atoms with van der Waals surface area (Å²) in [5.41, 5.74) is 4.66. The minimum Gasteiger partial charge on any atom is -0.322 e. The van der Waals surface area contributed by atoms with E-state index < -0.39 is 10.0 Å². The average molecular weight is 398 g/mol. The largest absolute Gasteiger partial charge is 0.322 e. The van der Waals surface area contributed by atoms with E-state index in [4.69, 9.17) is 0 Å². The number of hydrogen-bond donors (Lipinski definition) is 2. The third-order valence-corrected chi connectivity index (χ3v) is 4.78. The van der Waals surface area contributed by atoms with Crippen LogP contribution >= 0.6 is 0 Å². The fraction of sp³-hybridized carbons (Fsp3) is 0.250. The van der Waals surface area contributed by atoms with Crippen LogP contribution in [-0.4, -0.2) is 30.5 Å². The number of nitrogens with one attached hydrogen (secondary N) is 2. The van der Waals surface area contributed by atoms with Gasteiger partial charge < -0.3 is 5.32 Å². The normalized spacial score (nSPS) is 11.4. The molecular formula is C20H22N4O3S.